The Labute approximate surface area is 141 Å². The summed E-state index contributed by atoms with van der Waals surface area (Å²) < 4.78 is 10.4. The Hall–Kier alpha value is -2.44. The molecule has 1 aromatic carbocycles. The summed E-state index contributed by atoms with van der Waals surface area (Å²) in [5.74, 6) is 0.231. The molecule has 0 radical (unpaired) electrons. The Balaban J connectivity index is 1.78. The predicted octanol–water partition coefficient (Wildman–Crippen LogP) is 2.15. The molecule has 1 saturated carbocycles. The van der Waals surface area contributed by atoms with Gasteiger partial charge in [0.25, 0.3) is 0 Å². The van der Waals surface area contributed by atoms with Crippen LogP contribution < -0.4 is 20.1 Å². The Kier molecular flexibility index (Phi) is 6.28. The normalized spacial score (nSPS) is 20.1. The summed E-state index contributed by atoms with van der Waals surface area (Å²) in [6, 6.07) is 5.26. The number of carboxylic acid groups (broad SMARTS) is 1. The molecule has 7 nitrogen and oxygen atoms in total. The third kappa shape index (κ3) is 4.78. The summed E-state index contributed by atoms with van der Waals surface area (Å²) in [5, 5.41) is 14.7. The first-order valence-electron chi connectivity index (χ1n) is 8.01. The fourth-order valence-electron chi connectivity index (χ4n) is 2.89. The van der Waals surface area contributed by atoms with E-state index >= 15 is 0 Å². The lowest BCUT2D eigenvalue weighted by Crippen LogP contribution is -2.43. The van der Waals surface area contributed by atoms with Crippen LogP contribution in [0.4, 0.5) is 4.79 Å². The van der Waals surface area contributed by atoms with Gasteiger partial charge < -0.3 is 25.2 Å². The summed E-state index contributed by atoms with van der Waals surface area (Å²) in [4.78, 5) is 22.9. The van der Waals surface area contributed by atoms with Crippen molar-refractivity contribution in [2.24, 2.45) is 5.92 Å². The van der Waals surface area contributed by atoms with Crippen molar-refractivity contribution in [1.82, 2.24) is 10.6 Å². The number of carbonyl (C=O) groups is 2. The fourth-order valence-corrected chi connectivity index (χ4v) is 2.89. The van der Waals surface area contributed by atoms with Crippen molar-refractivity contribution in [2.75, 3.05) is 14.2 Å². The van der Waals surface area contributed by atoms with Crippen LogP contribution >= 0.6 is 0 Å². The van der Waals surface area contributed by atoms with Gasteiger partial charge in [0.15, 0.2) is 11.5 Å². The molecule has 1 aromatic rings. The summed E-state index contributed by atoms with van der Waals surface area (Å²) in [6.45, 7) is 0.372. The van der Waals surface area contributed by atoms with Crippen molar-refractivity contribution in [3.05, 3.63) is 23.8 Å². The maximum atomic E-state index is 12.0. The predicted molar refractivity (Wildman–Crippen MR) is 88.3 cm³/mol. The van der Waals surface area contributed by atoms with Gasteiger partial charge in [-0.05, 0) is 43.4 Å². The molecule has 2 amide bonds. The van der Waals surface area contributed by atoms with E-state index in [2.05, 4.69) is 10.6 Å². The van der Waals surface area contributed by atoms with Gasteiger partial charge in [-0.15, -0.1) is 0 Å². The molecule has 132 valence electrons. The highest BCUT2D eigenvalue weighted by atomic mass is 16.5. The molecule has 0 heterocycles. The molecule has 0 atom stereocenters. The topological polar surface area (TPSA) is 96.9 Å². The van der Waals surface area contributed by atoms with E-state index in [9.17, 15) is 9.59 Å². The number of carbonyl (C=O) groups excluding carboxylic acids is 1. The first kappa shape index (κ1) is 17.9. The van der Waals surface area contributed by atoms with Crippen LogP contribution in [0.1, 0.15) is 31.2 Å². The van der Waals surface area contributed by atoms with Crippen molar-refractivity contribution < 1.29 is 24.2 Å². The quantitative estimate of drug-likeness (QED) is 0.739. The number of benzene rings is 1. The number of methoxy groups -OCH3 is 2. The molecule has 3 N–H and O–H groups in total. The van der Waals surface area contributed by atoms with E-state index < -0.39 is 5.97 Å². The zero-order valence-corrected chi connectivity index (χ0v) is 14.0. The van der Waals surface area contributed by atoms with Crippen LogP contribution in [0.2, 0.25) is 0 Å². The lowest BCUT2D eigenvalue weighted by Gasteiger charge is -2.26. The molecule has 1 aliphatic carbocycles. The van der Waals surface area contributed by atoms with Crippen molar-refractivity contribution in [3.8, 4) is 11.5 Å². The second-order valence-electron chi connectivity index (χ2n) is 5.90. The van der Waals surface area contributed by atoms with E-state index in [0.717, 1.165) is 5.56 Å². The van der Waals surface area contributed by atoms with Crippen LogP contribution in [0.25, 0.3) is 0 Å². The third-order valence-electron chi connectivity index (χ3n) is 4.31. The first-order valence-corrected chi connectivity index (χ1v) is 8.01. The number of carboxylic acids is 1. The van der Waals surface area contributed by atoms with Gasteiger partial charge in [-0.25, -0.2) is 4.79 Å². The molecule has 1 fully saturated rings. The Morgan fingerprint density at radius 3 is 2.38 bits per heavy atom. The molecule has 2 rings (SSSR count). The van der Waals surface area contributed by atoms with Gasteiger partial charge in [0.2, 0.25) is 0 Å². The molecule has 0 aliphatic heterocycles. The molecule has 0 bridgehead atoms. The van der Waals surface area contributed by atoms with Crippen LogP contribution in [-0.2, 0) is 11.3 Å². The van der Waals surface area contributed by atoms with Crippen molar-refractivity contribution >= 4 is 12.0 Å². The van der Waals surface area contributed by atoms with Crippen LogP contribution in [0, 0.1) is 5.92 Å². The van der Waals surface area contributed by atoms with Crippen LogP contribution in [-0.4, -0.2) is 37.4 Å². The minimum Gasteiger partial charge on any atom is -0.493 e. The Bertz CT molecular complexity index is 582. The molecule has 24 heavy (non-hydrogen) atoms. The largest absolute Gasteiger partial charge is 0.493 e. The van der Waals surface area contributed by atoms with Gasteiger partial charge in [0.1, 0.15) is 0 Å². The number of hydrogen-bond acceptors (Lipinski definition) is 4. The zero-order valence-electron chi connectivity index (χ0n) is 14.0. The number of aliphatic carboxylic acids is 1. The molecular formula is C17H24N2O5. The number of amides is 2. The molecule has 0 saturated heterocycles. The lowest BCUT2D eigenvalue weighted by molar-refractivity contribution is -0.142. The van der Waals surface area contributed by atoms with Crippen LogP contribution in [0.15, 0.2) is 18.2 Å². The monoisotopic (exact) mass is 336 g/mol. The first-order chi connectivity index (χ1) is 11.5. The average Bonchev–Trinajstić information content (AvgIpc) is 2.60. The highest BCUT2D eigenvalue weighted by molar-refractivity contribution is 5.74. The number of nitrogens with one attached hydrogen (secondary N) is 2. The van der Waals surface area contributed by atoms with Gasteiger partial charge in [0.05, 0.1) is 20.1 Å². The smallest absolute Gasteiger partial charge is 0.315 e. The fraction of sp³-hybridized carbons (Fsp3) is 0.529. The number of urea groups is 1. The number of rotatable bonds is 6. The van der Waals surface area contributed by atoms with Gasteiger partial charge in [-0.1, -0.05) is 6.07 Å². The molecule has 7 heteroatoms. The van der Waals surface area contributed by atoms with E-state index in [4.69, 9.17) is 14.6 Å². The van der Waals surface area contributed by atoms with Gasteiger partial charge >= 0.3 is 12.0 Å². The van der Waals surface area contributed by atoms with Gasteiger partial charge in [-0.3, -0.25) is 4.79 Å². The van der Waals surface area contributed by atoms with Crippen molar-refractivity contribution in [3.63, 3.8) is 0 Å². The van der Waals surface area contributed by atoms with Crippen molar-refractivity contribution in [2.45, 2.75) is 38.3 Å². The SMILES string of the molecule is COc1ccc(CNC(=O)NC2CCC(C(=O)O)CC2)cc1OC. The zero-order chi connectivity index (χ0) is 17.5. The van der Waals surface area contributed by atoms with E-state index in [0.29, 0.717) is 43.7 Å². The summed E-state index contributed by atoms with van der Waals surface area (Å²) in [5.41, 5.74) is 0.900. The minimum atomic E-state index is -0.744. The third-order valence-corrected chi connectivity index (χ3v) is 4.31. The molecule has 0 aromatic heterocycles. The van der Waals surface area contributed by atoms with Crippen molar-refractivity contribution in [1.29, 1.82) is 0 Å². The van der Waals surface area contributed by atoms with E-state index in [-0.39, 0.29) is 18.0 Å². The highest BCUT2D eigenvalue weighted by Gasteiger charge is 2.26. The average molecular weight is 336 g/mol. The van der Waals surface area contributed by atoms with E-state index in [1.807, 2.05) is 12.1 Å². The summed E-state index contributed by atoms with van der Waals surface area (Å²) >= 11 is 0. The maximum absolute atomic E-state index is 12.0. The molecular weight excluding hydrogens is 312 g/mol. The Morgan fingerprint density at radius 2 is 1.79 bits per heavy atom. The lowest BCUT2D eigenvalue weighted by atomic mass is 9.86. The van der Waals surface area contributed by atoms with E-state index in [1.54, 1.807) is 20.3 Å². The molecule has 0 spiro atoms. The van der Waals surface area contributed by atoms with Gasteiger partial charge in [0, 0.05) is 12.6 Å². The Morgan fingerprint density at radius 1 is 1.12 bits per heavy atom. The maximum Gasteiger partial charge on any atom is 0.315 e. The van der Waals surface area contributed by atoms with Crippen LogP contribution in [0.3, 0.4) is 0 Å². The standard InChI is InChI=1S/C17H24N2O5/c1-23-14-8-3-11(9-15(14)24-2)10-18-17(22)19-13-6-4-12(5-7-13)16(20)21/h3,8-9,12-13H,4-7,10H2,1-2H3,(H,20,21)(H2,18,19,22). The number of ether oxygens (including phenoxy) is 2. The minimum absolute atomic E-state index is 0.0333. The summed E-state index contributed by atoms with van der Waals surface area (Å²) in [7, 11) is 3.14. The van der Waals surface area contributed by atoms with Crippen LogP contribution in [0.5, 0.6) is 11.5 Å². The second-order valence-corrected chi connectivity index (χ2v) is 5.90. The highest BCUT2D eigenvalue weighted by Crippen LogP contribution is 2.27. The molecule has 1 aliphatic rings. The number of hydrogen-bond donors (Lipinski definition) is 3. The second kappa shape index (κ2) is 8.42. The molecule has 0 unspecified atom stereocenters. The van der Waals surface area contributed by atoms with E-state index in [1.165, 1.54) is 0 Å². The van der Waals surface area contributed by atoms with Gasteiger partial charge in [-0.2, -0.15) is 0 Å². The summed E-state index contributed by atoms with van der Waals surface area (Å²) in [6.07, 6.45) is 2.60.